The molecule has 1 aliphatic heterocycles. The van der Waals surface area contributed by atoms with Crippen molar-refractivity contribution in [3.05, 3.63) is 57.3 Å². The summed E-state index contributed by atoms with van der Waals surface area (Å²) in [5.41, 5.74) is 0.894. The number of benzene rings is 1. The number of unbranched alkanes of at least 4 members (excludes halogenated alkanes) is 1. The number of alkyl halides is 3. The standard InChI is InChI=1S/C19H22F3N3O2/c1-2-3-10-27-14-6-4-13(5-7-14)11-25-9-8-16-15(12-25)17(26)24-18(23-16)19(20,21)22/h4-7H,2-3,8-12H2,1H3,(H,23,24,26). The quantitative estimate of drug-likeness (QED) is 0.778. The molecule has 1 N–H and O–H groups in total. The van der Waals surface area contributed by atoms with Crippen LogP contribution in [0.25, 0.3) is 0 Å². The molecule has 0 bridgehead atoms. The molecule has 0 atom stereocenters. The Labute approximate surface area is 155 Å². The number of halogens is 3. The van der Waals surface area contributed by atoms with Gasteiger partial charge in [0.2, 0.25) is 5.82 Å². The first kappa shape index (κ1) is 19.4. The van der Waals surface area contributed by atoms with Crippen molar-refractivity contribution in [1.29, 1.82) is 0 Å². The van der Waals surface area contributed by atoms with Crippen molar-refractivity contribution < 1.29 is 17.9 Å². The lowest BCUT2D eigenvalue weighted by Crippen LogP contribution is -2.36. The summed E-state index contributed by atoms with van der Waals surface area (Å²) in [5.74, 6) is -0.408. The zero-order valence-electron chi connectivity index (χ0n) is 15.1. The zero-order valence-corrected chi connectivity index (χ0v) is 15.1. The fourth-order valence-electron chi connectivity index (χ4n) is 3.03. The molecule has 1 aromatic heterocycles. The molecule has 0 saturated carbocycles. The van der Waals surface area contributed by atoms with E-state index in [0.29, 0.717) is 31.7 Å². The molecule has 1 aliphatic rings. The Morgan fingerprint density at radius 1 is 1.26 bits per heavy atom. The van der Waals surface area contributed by atoms with Gasteiger partial charge in [0, 0.05) is 26.1 Å². The predicted molar refractivity (Wildman–Crippen MR) is 94.5 cm³/mol. The number of hydrogen-bond acceptors (Lipinski definition) is 4. The number of ether oxygens (including phenoxy) is 1. The number of nitrogens with zero attached hydrogens (tertiary/aromatic N) is 2. The fourth-order valence-corrected chi connectivity index (χ4v) is 3.03. The number of aromatic nitrogens is 2. The van der Waals surface area contributed by atoms with Gasteiger partial charge in [0.1, 0.15) is 5.75 Å². The van der Waals surface area contributed by atoms with Crippen LogP contribution < -0.4 is 10.3 Å². The third-order valence-electron chi connectivity index (χ3n) is 4.51. The van der Waals surface area contributed by atoms with Gasteiger partial charge < -0.3 is 9.72 Å². The van der Waals surface area contributed by atoms with Crippen LogP contribution in [0.3, 0.4) is 0 Å². The normalized spacial score (nSPS) is 14.8. The van der Waals surface area contributed by atoms with Gasteiger partial charge in [0.25, 0.3) is 5.56 Å². The van der Waals surface area contributed by atoms with Crippen molar-refractivity contribution in [3.63, 3.8) is 0 Å². The average Bonchev–Trinajstić information content (AvgIpc) is 2.63. The molecule has 2 aromatic rings. The summed E-state index contributed by atoms with van der Waals surface area (Å²) in [6, 6.07) is 7.75. The predicted octanol–water partition coefficient (Wildman–Crippen LogP) is 3.53. The summed E-state index contributed by atoms with van der Waals surface area (Å²) in [6.45, 7) is 4.23. The van der Waals surface area contributed by atoms with Crippen molar-refractivity contribution in [3.8, 4) is 5.75 Å². The van der Waals surface area contributed by atoms with Crippen LogP contribution in [0.1, 0.15) is 42.4 Å². The van der Waals surface area contributed by atoms with Gasteiger partial charge in [0.05, 0.1) is 17.9 Å². The molecule has 2 heterocycles. The maximum absolute atomic E-state index is 12.8. The minimum Gasteiger partial charge on any atom is -0.494 e. The summed E-state index contributed by atoms with van der Waals surface area (Å²) < 4.78 is 44.0. The fraction of sp³-hybridized carbons (Fsp3) is 0.474. The zero-order chi connectivity index (χ0) is 19.4. The van der Waals surface area contributed by atoms with Crippen molar-refractivity contribution in [2.75, 3.05) is 13.2 Å². The smallest absolute Gasteiger partial charge is 0.449 e. The average molecular weight is 381 g/mol. The number of fused-ring (bicyclic) bond motifs is 1. The number of H-pyrrole nitrogens is 1. The van der Waals surface area contributed by atoms with E-state index in [1.165, 1.54) is 0 Å². The van der Waals surface area contributed by atoms with E-state index in [1.54, 1.807) is 0 Å². The van der Waals surface area contributed by atoms with E-state index in [9.17, 15) is 18.0 Å². The van der Waals surface area contributed by atoms with E-state index in [4.69, 9.17) is 4.74 Å². The van der Waals surface area contributed by atoms with Crippen molar-refractivity contribution >= 4 is 0 Å². The highest BCUT2D eigenvalue weighted by molar-refractivity contribution is 5.28. The Balaban J connectivity index is 1.65. The van der Waals surface area contributed by atoms with Crippen LogP contribution in [0.2, 0.25) is 0 Å². The highest BCUT2D eigenvalue weighted by Gasteiger charge is 2.35. The van der Waals surface area contributed by atoms with E-state index >= 15 is 0 Å². The summed E-state index contributed by atoms with van der Waals surface area (Å²) in [4.78, 5) is 19.6. The molecule has 5 nitrogen and oxygen atoms in total. The van der Waals surface area contributed by atoms with Crippen LogP contribution in [0.4, 0.5) is 13.2 Å². The minimum atomic E-state index is -4.65. The van der Waals surface area contributed by atoms with Gasteiger partial charge in [-0.25, -0.2) is 4.98 Å². The van der Waals surface area contributed by atoms with Crippen LogP contribution >= 0.6 is 0 Å². The second-order valence-corrected chi connectivity index (χ2v) is 6.64. The molecule has 0 spiro atoms. The molecular formula is C19H22F3N3O2. The van der Waals surface area contributed by atoms with Gasteiger partial charge >= 0.3 is 6.18 Å². The minimum absolute atomic E-state index is 0.238. The van der Waals surface area contributed by atoms with Gasteiger partial charge in [-0.1, -0.05) is 25.5 Å². The van der Waals surface area contributed by atoms with Crippen molar-refractivity contribution in [2.45, 2.75) is 45.5 Å². The van der Waals surface area contributed by atoms with E-state index in [0.717, 1.165) is 24.2 Å². The number of hydrogen-bond donors (Lipinski definition) is 1. The Morgan fingerprint density at radius 3 is 2.67 bits per heavy atom. The molecule has 0 amide bonds. The topological polar surface area (TPSA) is 58.2 Å². The van der Waals surface area contributed by atoms with Gasteiger partial charge in [-0.15, -0.1) is 0 Å². The second-order valence-electron chi connectivity index (χ2n) is 6.64. The summed E-state index contributed by atoms with van der Waals surface area (Å²) in [6.07, 6.45) is -2.24. The SMILES string of the molecule is CCCCOc1ccc(CN2CCc3nc(C(F)(F)F)[nH]c(=O)c3C2)cc1. The van der Waals surface area contributed by atoms with Gasteiger partial charge in [-0.2, -0.15) is 13.2 Å². The molecule has 0 radical (unpaired) electrons. The summed E-state index contributed by atoms with van der Waals surface area (Å²) in [5, 5.41) is 0. The molecule has 0 aliphatic carbocycles. The Bertz CT molecular complexity index is 832. The molecule has 27 heavy (non-hydrogen) atoms. The van der Waals surface area contributed by atoms with E-state index in [1.807, 2.05) is 34.1 Å². The number of rotatable bonds is 6. The third kappa shape index (κ3) is 4.88. The molecule has 3 rings (SSSR count). The first-order valence-corrected chi connectivity index (χ1v) is 9.00. The molecule has 0 fully saturated rings. The monoisotopic (exact) mass is 381 g/mol. The highest BCUT2D eigenvalue weighted by Crippen LogP contribution is 2.27. The van der Waals surface area contributed by atoms with Crippen LogP contribution in [0.15, 0.2) is 29.1 Å². The molecule has 8 heteroatoms. The van der Waals surface area contributed by atoms with E-state index in [-0.39, 0.29) is 12.2 Å². The maximum Gasteiger partial charge on any atom is 0.449 e. The van der Waals surface area contributed by atoms with E-state index < -0.39 is 17.6 Å². The highest BCUT2D eigenvalue weighted by atomic mass is 19.4. The first-order chi connectivity index (χ1) is 12.9. The number of aromatic amines is 1. The Kier molecular flexibility index (Phi) is 5.84. The second kappa shape index (κ2) is 8.12. The largest absolute Gasteiger partial charge is 0.494 e. The van der Waals surface area contributed by atoms with Crippen molar-refractivity contribution in [2.24, 2.45) is 0 Å². The van der Waals surface area contributed by atoms with Crippen LogP contribution in [0.5, 0.6) is 5.75 Å². The van der Waals surface area contributed by atoms with Crippen molar-refractivity contribution in [1.82, 2.24) is 14.9 Å². The van der Waals surface area contributed by atoms with Gasteiger partial charge in [0.15, 0.2) is 0 Å². The molecule has 0 saturated heterocycles. The van der Waals surface area contributed by atoms with Crippen LogP contribution in [-0.2, 0) is 25.7 Å². The molecular weight excluding hydrogens is 359 g/mol. The lowest BCUT2D eigenvalue weighted by Gasteiger charge is -2.27. The van der Waals surface area contributed by atoms with Gasteiger partial charge in [-0.05, 0) is 24.1 Å². The molecule has 146 valence electrons. The Morgan fingerprint density at radius 2 is 2.00 bits per heavy atom. The van der Waals surface area contributed by atoms with Crippen LogP contribution in [0, 0.1) is 0 Å². The Hall–Kier alpha value is -2.35. The number of nitrogens with one attached hydrogen (secondary N) is 1. The van der Waals surface area contributed by atoms with E-state index in [2.05, 4.69) is 11.9 Å². The first-order valence-electron chi connectivity index (χ1n) is 9.00. The lowest BCUT2D eigenvalue weighted by atomic mass is 10.1. The summed E-state index contributed by atoms with van der Waals surface area (Å²) >= 11 is 0. The van der Waals surface area contributed by atoms with Gasteiger partial charge in [-0.3, -0.25) is 9.69 Å². The van der Waals surface area contributed by atoms with Crippen LogP contribution in [-0.4, -0.2) is 28.0 Å². The lowest BCUT2D eigenvalue weighted by molar-refractivity contribution is -0.145. The summed E-state index contributed by atoms with van der Waals surface area (Å²) in [7, 11) is 0. The maximum atomic E-state index is 12.8. The molecule has 0 unspecified atom stereocenters. The third-order valence-corrected chi connectivity index (χ3v) is 4.51. The molecule has 1 aromatic carbocycles.